The lowest BCUT2D eigenvalue weighted by atomic mass is 10.1. The first-order valence-electron chi connectivity index (χ1n) is 12.0. The van der Waals surface area contributed by atoms with Crippen LogP contribution in [0.3, 0.4) is 0 Å². The Morgan fingerprint density at radius 2 is 1.72 bits per heavy atom. The fourth-order valence-electron chi connectivity index (χ4n) is 3.77. The molecule has 2 aromatic carbocycles. The molecule has 3 rings (SSSR count). The molecular formula is C29H34N2O5. The molecule has 0 aliphatic rings. The van der Waals surface area contributed by atoms with E-state index in [0.29, 0.717) is 36.8 Å². The second-order valence-electron chi connectivity index (χ2n) is 8.64. The van der Waals surface area contributed by atoms with Gasteiger partial charge in [-0.1, -0.05) is 36.4 Å². The van der Waals surface area contributed by atoms with Gasteiger partial charge in [0.1, 0.15) is 12.3 Å². The average molecular weight is 491 g/mol. The molecule has 7 heteroatoms. The second kappa shape index (κ2) is 13.2. The Morgan fingerprint density at radius 3 is 2.36 bits per heavy atom. The minimum atomic E-state index is -0.208. The van der Waals surface area contributed by atoms with Gasteiger partial charge >= 0.3 is 0 Å². The number of hydrogen-bond donors (Lipinski definition) is 0. The molecule has 0 aliphatic carbocycles. The van der Waals surface area contributed by atoms with Gasteiger partial charge in [-0.2, -0.15) is 0 Å². The average Bonchev–Trinajstić information content (AvgIpc) is 3.41. The summed E-state index contributed by atoms with van der Waals surface area (Å²) in [4.78, 5) is 29.7. The van der Waals surface area contributed by atoms with E-state index in [1.54, 1.807) is 42.4 Å². The van der Waals surface area contributed by atoms with E-state index in [1.165, 1.54) is 6.08 Å². The van der Waals surface area contributed by atoms with Crippen molar-refractivity contribution in [3.8, 4) is 11.5 Å². The molecule has 0 saturated carbocycles. The normalized spacial score (nSPS) is 11.0. The lowest BCUT2D eigenvalue weighted by Gasteiger charge is -2.29. The topological polar surface area (TPSA) is 72.2 Å². The van der Waals surface area contributed by atoms with Gasteiger partial charge in [-0.05, 0) is 61.7 Å². The van der Waals surface area contributed by atoms with Crippen molar-refractivity contribution in [3.05, 3.63) is 89.9 Å². The molecule has 7 nitrogen and oxygen atoms in total. The van der Waals surface area contributed by atoms with Gasteiger partial charge in [0.2, 0.25) is 11.8 Å². The van der Waals surface area contributed by atoms with Crippen LogP contribution in [0.4, 0.5) is 0 Å². The highest BCUT2D eigenvalue weighted by atomic mass is 16.5. The molecule has 0 atom stereocenters. The predicted octanol–water partition coefficient (Wildman–Crippen LogP) is 4.82. The van der Waals surface area contributed by atoms with Crippen LogP contribution in [0.2, 0.25) is 0 Å². The smallest absolute Gasteiger partial charge is 0.247 e. The third-order valence-corrected chi connectivity index (χ3v) is 5.83. The van der Waals surface area contributed by atoms with Crippen molar-refractivity contribution in [3.63, 3.8) is 0 Å². The standard InChI is InChI=1S/C29H34N2O5/c1-22(2)31(28(32)15-13-23-9-6-5-7-10-23)21-29(33)30(20-25-11-8-18-36-25)17-16-24-12-14-26(34-3)27(19-24)35-4/h5-15,18-19,22H,16-17,20-21H2,1-4H3. The molecule has 1 heterocycles. The van der Waals surface area contributed by atoms with Gasteiger partial charge in [-0.25, -0.2) is 0 Å². The van der Waals surface area contributed by atoms with Gasteiger partial charge in [-0.15, -0.1) is 0 Å². The summed E-state index contributed by atoms with van der Waals surface area (Å²) in [5, 5.41) is 0. The fourth-order valence-corrected chi connectivity index (χ4v) is 3.77. The number of nitrogens with zero attached hydrogens (tertiary/aromatic N) is 2. The lowest BCUT2D eigenvalue weighted by Crippen LogP contribution is -2.45. The van der Waals surface area contributed by atoms with Crippen LogP contribution in [0.5, 0.6) is 11.5 Å². The molecule has 190 valence electrons. The third-order valence-electron chi connectivity index (χ3n) is 5.83. The van der Waals surface area contributed by atoms with Crippen LogP contribution in [-0.2, 0) is 22.6 Å². The van der Waals surface area contributed by atoms with Gasteiger partial charge in [0, 0.05) is 18.7 Å². The Bertz CT molecular complexity index is 1140. The van der Waals surface area contributed by atoms with E-state index in [9.17, 15) is 9.59 Å². The number of hydrogen-bond acceptors (Lipinski definition) is 5. The SMILES string of the molecule is COc1ccc(CCN(Cc2ccco2)C(=O)CN(C(=O)C=Cc2ccccc2)C(C)C)cc1OC. The first kappa shape index (κ1) is 26.6. The number of amides is 2. The molecule has 0 spiro atoms. The summed E-state index contributed by atoms with van der Waals surface area (Å²) in [6.45, 7) is 4.56. The first-order chi connectivity index (χ1) is 17.4. The Morgan fingerprint density at radius 1 is 0.972 bits per heavy atom. The number of carbonyl (C=O) groups excluding carboxylic acids is 2. The highest BCUT2D eigenvalue weighted by molar-refractivity contribution is 5.94. The molecule has 0 aliphatic heterocycles. The molecule has 36 heavy (non-hydrogen) atoms. The summed E-state index contributed by atoms with van der Waals surface area (Å²) in [5.41, 5.74) is 1.93. The number of benzene rings is 2. The van der Waals surface area contributed by atoms with Crippen molar-refractivity contribution in [2.24, 2.45) is 0 Å². The molecule has 3 aromatic rings. The molecule has 0 fully saturated rings. The van der Waals surface area contributed by atoms with Crippen LogP contribution in [0, 0.1) is 0 Å². The van der Waals surface area contributed by atoms with E-state index in [2.05, 4.69) is 0 Å². The molecule has 0 N–H and O–H groups in total. The zero-order valence-electron chi connectivity index (χ0n) is 21.3. The predicted molar refractivity (Wildman–Crippen MR) is 140 cm³/mol. The highest BCUT2D eigenvalue weighted by Crippen LogP contribution is 2.27. The molecule has 0 radical (unpaired) electrons. The first-order valence-corrected chi connectivity index (χ1v) is 12.0. The number of ether oxygens (including phenoxy) is 2. The van der Waals surface area contributed by atoms with E-state index in [4.69, 9.17) is 13.9 Å². The molecule has 1 aromatic heterocycles. The van der Waals surface area contributed by atoms with Crippen molar-refractivity contribution in [2.75, 3.05) is 27.3 Å². The lowest BCUT2D eigenvalue weighted by molar-refractivity contribution is -0.140. The number of furan rings is 1. The Balaban J connectivity index is 1.72. The van der Waals surface area contributed by atoms with Gasteiger partial charge in [0.05, 0.1) is 27.0 Å². The van der Waals surface area contributed by atoms with Crippen LogP contribution in [0.25, 0.3) is 6.08 Å². The van der Waals surface area contributed by atoms with E-state index in [-0.39, 0.29) is 24.4 Å². The maximum atomic E-state index is 13.4. The summed E-state index contributed by atoms with van der Waals surface area (Å²) in [6, 6.07) is 18.8. The number of carbonyl (C=O) groups is 2. The van der Waals surface area contributed by atoms with E-state index >= 15 is 0 Å². The largest absolute Gasteiger partial charge is 0.493 e. The van der Waals surface area contributed by atoms with Crippen molar-refractivity contribution < 1.29 is 23.5 Å². The summed E-state index contributed by atoms with van der Waals surface area (Å²) in [7, 11) is 3.19. The summed E-state index contributed by atoms with van der Waals surface area (Å²) < 4.78 is 16.2. The zero-order valence-corrected chi connectivity index (χ0v) is 21.3. The monoisotopic (exact) mass is 490 g/mol. The van der Waals surface area contributed by atoms with Crippen LogP contribution in [-0.4, -0.2) is 55.0 Å². The van der Waals surface area contributed by atoms with Crippen LogP contribution in [0.1, 0.15) is 30.7 Å². The third kappa shape index (κ3) is 7.50. The van der Waals surface area contributed by atoms with Crippen LogP contribution in [0.15, 0.2) is 77.4 Å². The number of methoxy groups -OCH3 is 2. The van der Waals surface area contributed by atoms with Crippen LogP contribution < -0.4 is 9.47 Å². The van der Waals surface area contributed by atoms with E-state index in [1.807, 2.05) is 68.4 Å². The second-order valence-corrected chi connectivity index (χ2v) is 8.64. The van der Waals surface area contributed by atoms with Gasteiger partial charge < -0.3 is 23.7 Å². The molecule has 0 bridgehead atoms. The minimum Gasteiger partial charge on any atom is -0.493 e. The summed E-state index contributed by atoms with van der Waals surface area (Å²) in [5.74, 6) is 1.62. The van der Waals surface area contributed by atoms with E-state index in [0.717, 1.165) is 11.1 Å². The molecule has 2 amide bonds. The van der Waals surface area contributed by atoms with Crippen molar-refractivity contribution in [1.29, 1.82) is 0 Å². The van der Waals surface area contributed by atoms with Gasteiger partial charge in [0.15, 0.2) is 11.5 Å². The van der Waals surface area contributed by atoms with E-state index < -0.39 is 0 Å². The Labute approximate surface area is 212 Å². The highest BCUT2D eigenvalue weighted by Gasteiger charge is 2.23. The minimum absolute atomic E-state index is 0.0255. The maximum absolute atomic E-state index is 13.4. The van der Waals surface area contributed by atoms with Crippen molar-refractivity contribution >= 4 is 17.9 Å². The molecule has 0 saturated heterocycles. The fraction of sp³-hybridized carbons (Fsp3) is 0.310. The van der Waals surface area contributed by atoms with Crippen molar-refractivity contribution in [2.45, 2.75) is 32.9 Å². The molecule has 0 unspecified atom stereocenters. The van der Waals surface area contributed by atoms with Crippen LogP contribution >= 0.6 is 0 Å². The molecular weight excluding hydrogens is 456 g/mol. The Hall–Kier alpha value is -4.00. The Kier molecular flexibility index (Phi) is 9.74. The quantitative estimate of drug-likeness (QED) is 0.341. The summed E-state index contributed by atoms with van der Waals surface area (Å²) >= 11 is 0. The maximum Gasteiger partial charge on any atom is 0.247 e. The van der Waals surface area contributed by atoms with Gasteiger partial charge in [0.25, 0.3) is 0 Å². The summed E-state index contributed by atoms with van der Waals surface area (Å²) in [6.07, 6.45) is 5.48. The van der Waals surface area contributed by atoms with Crippen molar-refractivity contribution in [1.82, 2.24) is 9.80 Å². The number of rotatable bonds is 12. The zero-order chi connectivity index (χ0) is 25.9. The van der Waals surface area contributed by atoms with Gasteiger partial charge in [-0.3, -0.25) is 9.59 Å².